The van der Waals surface area contributed by atoms with Gasteiger partial charge in [-0.25, -0.2) is 4.79 Å². The molecule has 1 aliphatic rings. The van der Waals surface area contributed by atoms with Crippen LogP contribution in [0.3, 0.4) is 0 Å². The van der Waals surface area contributed by atoms with Crippen LogP contribution in [0.2, 0.25) is 0 Å². The van der Waals surface area contributed by atoms with E-state index in [9.17, 15) is 14.4 Å². The van der Waals surface area contributed by atoms with Crippen LogP contribution in [0.25, 0.3) is 0 Å². The Hall–Kier alpha value is -3.15. The fourth-order valence-corrected chi connectivity index (χ4v) is 2.67. The number of imide groups is 1. The molecular formula is C19H18N2O4. The van der Waals surface area contributed by atoms with Gasteiger partial charge in [0.15, 0.2) is 0 Å². The number of carbonyl (C=O) groups is 3. The lowest BCUT2D eigenvalue weighted by atomic mass is 10.1. The van der Waals surface area contributed by atoms with Crippen LogP contribution in [0.4, 0.5) is 10.5 Å². The van der Waals surface area contributed by atoms with Gasteiger partial charge in [-0.3, -0.25) is 14.9 Å². The molecule has 0 aromatic heterocycles. The SMILES string of the molecule is Cc1cccc(CCC(=O)Nc2ccc(C3OC(=O)NC3=O)cc2)c1. The van der Waals surface area contributed by atoms with Gasteiger partial charge in [0.1, 0.15) is 0 Å². The zero-order chi connectivity index (χ0) is 17.8. The number of amides is 3. The summed E-state index contributed by atoms with van der Waals surface area (Å²) in [6.07, 6.45) is -0.625. The number of nitrogens with one attached hydrogen (secondary N) is 2. The average molecular weight is 338 g/mol. The van der Waals surface area contributed by atoms with E-state index in [0.29, 0.717) is 24.1 Å². The fourth-order valence-electron chi connectivity index (χ4n) is 2.67. The largest absolute Gasteiger partial charge is 0.431 e. The van der Waals surface area contributed by atoms with Gasteiger partial charge in [-0.1, -0.05) is 42.0 Å². The van der Waals surface area contributed by atoms with E-state index >= 15 is 0 Å². The van der Waals surface area contributed by atoms with E-state index in [1.54, 1.807) is 24.3 Å². The van der Waals surface area contributed by atoms with Gasteiger partial charge in [0.25, 0.3) is 5.91 Å². The summed E-state index contributed by atoms with van der Waals surface area (Å²) < 4.78 is 4.89. The first kappa shape index (κ1) is 16.7. The highest BCUT2D eigenvalue weighted by atomic mass is 16.6. The molecule has 3 amide bonds. The Morgan fingerprint density at radius 1 is 1.16 bits per heavy atom. The molecule has 1 saturated heterocycles. The van der Waals surface area contributed by atoms with Gasteiger partial charge in [0, 0.05) is 17.7 Å². The predicted molar refractivity (Wildman–Crippen MR) is 91.9 cm³/mol. The minimum Gasteiger partial charge on any atom is -0.431 e. The van der Waals surface area contributed by atoms with Crippen LogP contribution in [-0.2, 0) is 20.7 Å². The van der Waals surface area contributed by atoms with Crippen molar-refractivity contribution in [1.82, 2.24) is 5.32 Å². The lowest BCUT2D eigenvalue weighted by Gasteiger charge is -2.09. The Bertz CT molecular complexity index is 814. The van der Waals surface area contributed by atoms with Crippen molar-refractivity contribution < 1.29 is 19.1 Å². The van der Waals surface area contributed by atoms with Gasteiger partial charge < -0.3 is 10.1 Å². The molecule has 0 radical (unpaired) electrons. The second kappa shape index (κ2) is 7.17. The summed E-state index contributed by atoms with van der Waals surface area (Å²) in [7, 11) is 0. The van der Waals surface area contributed by atoms with Gasteiger partial charge in [-0.15, -0.1) is 0 Å². The molecule has 0 spiro atoms. The van der Waals surface area contributed by atoms with Crippen LogP contribution in [0.15, 0.2) is 48.5 Å². The van der Waals surface area contributed by atoms with Crippen LogP contribution in [-0.4, -0.2) is 17.9 Å². The highest BCUT2D eigenvalue weighted by molar-refractivity contribution is 6.00. The molecule has 1 fully saturated rings. The Balaban J connectivity index is 1.55. The van der Waals surface area contributed by atoms with Gasteiger partial charge in [-0.05, 0) is 31.0 Å². The molecule has 6 heteroatoms. The lowest BCUT2D eigenvalue weighted by Crippen LogP contribution is -2.20. The first-order valence-electron chi connectivity index (χ1n) is 7.98. The van der Waals surface area contributed by atoms with Crippen LogP contribution in [0.1, 0.15) is 29.2 Å². The predicted octanol–water partition coefficient (Wildman–Crippen LogP) is 2.87. The van der Waals surface area contributed by atoms with E-state index in [0.717, 1.165) is 5.56 Å². The number of alkyl carbamates (subject to hydrolysis) is 1. The van der Waals surface area contributed by atoms with Gasteiger partial charge in [0.2, 0.25) is 12.0 Å². The van der Waals surface area contributed by atoms with E-state index in [-0.39, 0.29) is 5.91 Å². The quantitative estimate of drug-likeness (QED) is 0.878. The molecule has 2 aromatic rings. The first-order chi connectivity index (χ1) is 12.0. The summed E-state index contributed by atoms with van der Waals surface area (Å²) in [5.74, 6) is -0.570. The number of hydrogen-bond acceptors (Lipinski definition) is 4. The normalized spacial score (nSPS) is 16.3. The number of anilines is 1. The van der Waals surface area contributed by atoms with Crippen LogP contribution >= 0.6 is 0 Å². The first-order valence-corrected chi connectivity index (χ1v) is 7.98. The minimum atomic E-state index is -0.932. The number of benzene rings is 2. The molecular weight excluding hydrogens is 320 g/mol. The summed E-state index contributed by atoms with van der Waals surface area (Å²) in [5.41, 5.74) is 3.48. The molecule has 25 heavy (non-hydrogen) atoms. The van der Waals surface area contributed by atoms with E-state index in [2.05, 4.69) is 16.7 Å². The molecule has 1 aliphatic heterocycles. The highest BCUT2D eigenvalue weighted by Crippen LogP contribution is 2.23. The van der Waals surface area contributed by atoms with Gasteiger partial charge in [-0.2, -0.15) is 0 Å². The molecule has 0 aliphatic carbocycles. The Kier molecular flexibility index (Phi) is 4.79. The summed E-state index contributed by atoms with van der Waals surface area (Å²) in [5, 5.41) is 4.90. The molecule has 6 nitrogen and oxygen atoms in total. The molecule has 2 N–H and O–H groups in total. The monoisotopic (exact) mass is 338 g/mol. The third-order valence-corrected chi connectivity index (χ3v) is 3.91. The molecule has 2 aromatic carbocycles. The maximum absolute atomic E-state index is 12.1. The number of ether oxygens (including phenoxy) is 1. The number of hydrogen-bond donors (Lipinski definition) is 2. The van der Waals surface area contributed by atoms with Crippen molar-refractivity contribution in [3.8, 4) is 0 Å². The Morgan fingerprint density at radius 2 is 1.92 bits per heavy atom. The fraction of sp³-hybridized carbons (Fsp3) is 0.211. The summed E-state index contributed by atoms with van der Waals surface area (Å²) in [6, 6.07) is 14.7. The molecule has 1 unspecified atom stereocenters. The second-order valence-corrected chi connectivity index (χ2v) is 5.93. The van der Waals surface area contributed by atoms with Gasteiger partial charge >= 0.3 is 6.09 Å². The van der Waals surface area contributed by atoms with Crippen molar-refractivity contribution in [2.24, 2.45) is 0 Å². The zero-order valence-electron chi connectivity index (χ0n) is 13.7. The van der Waals surface area contributed by atoms with Crippen molar-refractivity contribution in [1.29, 1.82) is 0 Å². The van der Waals surface area contributed by atoms with E-state index < -0.39 is 18.1 Å². The van der Waals surface area contributed by atoms with Gasteiger partial charge in [0.05, 0.1) is 0 Å². The molecule has 0 saturated carbocycles. The number of carbonyl (C=O) groups excluding carboxylic acids is 3. The van der Waals surface area contributed by atoms with E-state index in [1.807, 2.05) is 25.1 Å². The standard InChI is InChI=1S/C19H18N2O4/c1-12-3-2-4-13(11-12)5-10-16(22)20-15-8-6-14(7-9-15)17-18(23)21-19(24)25-17/h2-4,6-9,11,17H,5,10H2,1H3,(H,20,22)(H,21,23,24). The summed E-state index contributed by atoms with van der Waals surface area (Å²) in [4.78, 5) is 34.7. The van der Waals surface area contributed by atoms with Crippen molar-refractivity contribution in [3.63, 3.8) is 0 Å². The van der Waals surface area contributed by atoms with E-state index in [1.165, 1.54) is 5.56 Å². The average Bonchev–Trinajstić information content (AvgIpc) is 2.92. The Labute approximate surface area is 145 Å². The number of cyclic esters (lactones) is 1. The number of rotatable bonds is 5. The Morgan fingerprint density at radius 3 is 2.56 bits per heavy atom. The number of aryl methyl sites for hydroxylation is 2. The van der Waals surface area contributed by atoms with Crippen LogP contribution in [0.5, 0.6) is 0 Å². The topological polar surface area (TPSA) is 84.5 Å². The zero-order valence-corrected chi connectivity index (χ0v) is 13.7. The smallest absolute Gasteiger partial charge is 0.415 e. The van der Waals surface area contributed by atoms with Crippen LogP contribution < -0.4 is 10.6 Å². The lowest BCUT2D eigenvalue weighted by molar-refractivity contribution is -0.123. The third kappa shape index (κ3) is 4.23. The minimum absolute atomic E-state index is 0.0840. The summed E-state index contributed by atoms with van der Waals surface area (Å²) in [6.45, 7) is 2.02. The second-order valence-electron chi connectivity index (χ2n) is 5.93. The van der Waals surface area contributed by atoms with E-state index in [4.69, 9.17) is 4.74 Å². The molecule has 128 valence electrons. The maximum Gasteiger partial charge on any atom is 0.415 e. The maximum atomic E-state index is 12.1. The van der Waals surface area contributed by atoms with Crippen LogP contribution in [0, 0.1) is 6.92 Å². The molecule has 1 atom stereocenters. The molecule has 3 rings (SSSR count). The summed E-state index contributed by atoms with van der Waals surface area (Å²) >= 11 is 0. The van der Waals surface area contributed by atoms with Crippen molar-refractivity contribution in [2.45, 2.75) is 25.9 Å². The molecule has 1 heterocycles. The van der Waals surface area contributed by atoms with Crippen molar-refractivity contribution in [2.75, 3.05) is 5.32 Å². The highest BCUT2D eigenvalue weighted by Gasteiger charge is 2.33. The molecule has 0 bridgehead atoms. The van der Waals surface area contributed by atoms with Crippen molar-refractivity contribution in [3.05, 3.63) is 65.2 Å². The van der Waals surface area contributed by atoms with Crippen molar-refractivity contribution >= 4 is 23.6 Å². The third-order valence-electron chi connectivity index (χ3n) is 3.91.